The van der Waals surface area contributed by atoms with Crippen molar-refractivity contribution < 1.29 is 4.79 Å². The summed E-state index contributed by atoms with van der Waals surface area (Å²) in [6, 6.07) is 2.13. The summed E-state index contributed by atoms with van der Waals surface area (Å²) in [5.74, 6) is 0.932. The van der Waals surface area contributed by atoms with E-state index in [9.17, 15) is 4.79 Å². The highest BCUT2D eigenvalue weighted by molar-refractivity contribution is 5.80. The quantitative estimate of drug-likeness (QED) is 0.766. The maximum Gasteiger partial charge on any atom is 0.241 e. The van der Waals surface area contributed by atoms with Gasteiger partial charge in [0.15, 0.2) is 0 Å². The number of aryl methyl sites for hydroxylation is 1. The number of amides is 1. The van der Waals surface area contributed by atoms with E-state index in [0.29, 0.717) is 6.54 Å². The average Bonchev–Trinajstić information content (AvgIpc) is 2.38. The Kier molecular flexibility index (Phi) is 6.45. The first-order valence-electron chi connectivity index (χ1n) is 7.03. The summed E-state index contributed by atoms with van der Waals surface area (Å²) < 4.78 is 0. The van der Waals surface area contributed by atoms with Gasteiger partial charge in [0, 0.05) is 33.9 Å². The Labute approximate surface area is 122 Å². The zero-order valence-corrected chi connectivity index (χ0v) is 13.2. The van der Waals surface area contributed by atoms with Crippen LogP contribution in [0.4, 0.5) is 5.82 Å². The second-order valence-electron chi connectivity index (χ2n) is 5.31. The third-order valence-electron chi connectivity index (χ3n) is 3.10. The highest BCUT2D eigenvalue weighted by Gasteiger charge is 2.12. The van der Waals surface area contributed by atoms with Crippen LogP contribution in [0.2, 0.25) is 0 Å². The molecule has 0 atom stereocenters. The molecule has 112 valence electrons. The molecular formula is C15H26N4O. The molecule has 0 aromatic carbocycles. The predicted octanol–water partition coefficient (Wildman–Crippen LogP) is 1.41. The Morgan fingerprint density at radius 3 is 2.60 bits per heavy atom. The lowest BCUT2D eigenvalue weighted by Crippen LogP contribution is -2.35. The molecular weight excluding hydrogens is 252 g/mol. The van der Waals surface area contributed by atoms with Crippen LogP contribution >= 0.6 is 0 Å². The number of carbonyl (C=O) groups excluding carboxylic acids is 1. The summed E-state index contributed by atoms with van der Waals surface area (Å²) in [5.41, 5.74) is 2.27. The van der Waals surface area contributed by atoms with Crippen molar-refractivity contribution in [1.29, 1.82) is 0 Å². The SMILES string of the molecule is CCCNCc1cnc(N(C)CC(=O)N(C)C)c(C)c1. The first-order chi connectivity index (χ1) is 9.45. The summed E-state index contributed by atoms with van der Waals surface area (Å²) in [7, 11) is 5.42. The zero-order chi connectivity index (χ0) is 15.1. The molecule has 1 heterocycles. The van der Waals surface area contributed by atoms with Crippen LogP contribution in [0.15, 0.2) is 12.3 Å². The predicted molar refractivity (Wildman–Crippen MR) is 82.9 cm³/mol. The van der Waals surface area contributed by atoms with Gasteiger partial charge in [0.25, 0.3) is 0 Å². The smallest absolute Gasteiger partial charge is 0.241 e. The molecule has 20 heavy (non-hydrogen) atoms. The molecule has 0 aliphatic rings. The van der Waals surface area contributed by atoms with E-state index in [1.807, 2.05) is 25.1 Å². The van der Waals surface area contributed by atoms with Crippen molar-refractivity contribution in [2.45, 2.75) is 26.8 Å². The van der Waals surface area contributed by atoms with Gasteiger partial charge in [-0.25, -0.2) is 4.98 Å². The molecule has 1 amide bonds. The van der Waals surface area contributed by atoms with E-state index in [2.05, 4.69) is 23.3 Å². The number of hydrogen-bond donors (Lipinski definition) is 1. The van der Waals surface area contributed by atoms with Crippen LogP contribution in [0, 0.1) is 6.92 Å². The molecule has 1 N–H and O–H groups in total. The van der Waals surface area contributed by atoms with Gasteiger partial charge in [0.1, 0.15) is 5.82 Å². The lowest BCUT2D eigenvalue weighted by molar-refractivity contribution is -0.127. The van der Waals surface area contributed by atoms with Gasteiger partial charge < -0.3 is 15.1 Å². The van der Waals surface area contributed by atoms with Gasteiger partial charge in [-0.05, 0) is 37.1 Å². The minimum absolute atomic E-state index is 0.0717. The number of hydrogen-bond acceptors (Lipinski definition) is 4. The van der Waals surface area contributed by atoms with Gasteiger partial charge in [-0.3, -0.25) is 4.79 Å². The molecule has 0 aliphatic heterocycles. The summed E-state index contributed by atoms with van der Waals surface area (Å²) in [6.45, 7) is 6.37. The highest BCUT2D eigenvalue weighted by Crippen LogP contribution is 2.16. The fraction of sp³-hybridized carbons (Fsp3) is 0.600. The van der Waals surface area contributed by atoms with Crippen LogP contribution in [0.1, 0.15) is 24.5 Å². The van der Waals surface area contributed by atoms with E-state index in [1.54, 1.807) is 19.0 Å². The molecule has 5 nitrogen and oxygen atoms in total. The lowest BCUT2D eigenvalue weighted by atomic mass is 10.2. The molecule has 5 heteroatoms. The van der Waals surface area contributed by atoms with Gasteiger partial charge in [0.05, 0.1) is 6.54 Å². The van der Waals surface area contributed by atoms with Crippen molar-refractivity contribution in [1.82, 2.24) is 15.2 Å². The fourth-order valence-corrected chi connectivity index (χ4v) is 1.95. The number of rotatable bonds is 7. The molecule has 0 aliphatic carbocycles. The number of anilines is 1. The standard InChI is InChI=1S/C15H26N4O/c1-6-7-16-9-13-8-12(2)15(17-10-13)19(5)11-14(20)18(3)4/h8,10,16H,6-7,9,11H2,1-5H3. The van der Waals surface area contributed by atoms with E-state index >= 15 is 0 Å². The molecule has 1 aromatic rings. The summed E-state index contributed by atoms with van der Waals surface area (Å²) in [6.07, 6.45) is 3.00. The van der Waals surface area contributed by atoms with Crippen LogP contribution < -0.4 is 10.2 Å². The summed E-state index contributed by atoms with van der Waals surface area (Å²) in [5, 5.41) is 3.36. The van der Waals surface area contributed by atoms with Crippen LogP contribution in [0.25, 0.3) is 0 Å². The molecule has 0 saturated carbocycles. The van der Waals surface area contributed by atoms with Gasteiger partial charge in [-0.1, -0.05) is 6.92 Å². The Morgan fingerprint density at radius 2 is 2.05 bits per heavy atom. The minimum atomic E-state index is 0.0717. The van der Waals surface area contributed by atoms with Crippen LogP contribution in [-0.2, 0) is 11.3 Å². The topological polar surface area (TPSA) is 48.5 Å². The number of pyridine rings is 1. The Morgan fingerprint density at radius 1 is 1.35 bits per heavy atom. The Balaban J connectivity index is 2.69. The van der Waals surface area contributed by atoms with E-state index < -0.39 is 0 Å². The third kappa shape index (κ3) is 4.81. The third-order valence-corrected chi connectivity index (χ3v) is 3.10. The van der Waals surface area contributed by atoms with Crippen LogP contribution in [0.3, 0.4) is 0 Å². The minimum Gasteiger partial charge on any atom is -0.350 e. The maximum absolute atomic E-state index is 11.7. The normalized spacial score (nSPS) is 10.4. The number of likely N-dealkylation sites (N-methyl/N-ethyl adjacent to an activating group) is 2. The Hall–Kier alpha value is -1.62. The average molecular weight is 278 g/mol. The first-order valence-corrected chi connectivity index (χ1v) is 7.03. The zero-order valence-electron chi connectivity index (χ0n) is 13.2. The molecule has 0 fully saturated rings. The molecule has 1 aromatic heterocycles. The first kappa shape index (κ1) is 16.4. The highest BCUT2D eigenvalue weighted by atomic mass is 16.2. The van der Waals surface area contributed by atoms with Crippen molar-refractivity contribution in [3.63, 3.8) is 0 Å². The van der Waals surface area contributed by atoms with Crippen LogP contribution in [-0.4, -0.2) is 50.0 Å². The largest absolute Gasteiger partial charge is 0.350 e. The number of nitrogens with one attached hydrogen (secondary N) is 1. The molecule has 0 radical (unpaired) electrons. The van der Waals surface area contributed by atoms with Crippen LogP contribution in [0.5, 0.6) is 0 Å². The van der Waals surface area contributed by atoms with Crippen molar-refractivity contribution in [2.75, 3.05) is 39.1 Å². The summed E-state index contributed by atoms with van der Waals surface area (Å²) >= 11 is 0. The molecule has 0 bridgehead atoms. The van der Waals surface area contributed by atoms with Crippen molar-refractivity contribution >= 4 is 11.7 Å². The van der Waals surface area contributed by atoms with Gasteiger partial charge >= 0.3 is 0 Å². The van der Waals surface area contributed by atoms with Gasteiger partial charge in [-0.15, -0.1) is 0 Å². The monoisotopic (exact) mass is 278 g/mol. The second-order valence-corrected chi connectivity index (χ2v) is 5.31. The number of carbonyl (C=O) groups is 1. The fourth-order valence-electron chi connectivity index (χ4n) is 1.95. The van der Waals surface area contributed by atoms with E-state index in [4.69, 9.17) is 0 Å². The Bertz CT molecular complexity index is 445. The molecule has 0 spiro atoms. The number of nitrogens with zero attached hydrogens (tertiary/aromatic N) is 3. The molecule has 1 rings (SSSR count). The number of aromatic nitrogens is 1. The second kappa shape index (κ2) is 7.85. The van der Waals surface area contributed by atoms with Gasteiger partial charge in [0.2, 0.25) is 5.91 Å². The molecule has 0 unspecified atom stereocenters. The molecule has 0 saturated heterocycles. The van der Waals surface area contributed by atoms with Crippen molar-refractivity contribution in [2.24, 2.45) is 0 Å². The van der Waals surface area contributed by atoms with Gasteiger partial charge in [-0.2, -0.15) is 0 Å². The van der Waals surface area contributed by atoms with E-state index in [0.717, 1.165) is 30.9 Å². The van der Waals surface area contributed by atoms with E-state index in [-0.39, 0.29) is 5.91 Å². The van der Waals surface area contributed by atoms with Crippen molar-refractivity contribution in [3.8, 4) is 0 Å². The van der Waals surface area contributed by atoms with Crippen molar-refractivity contribution in [3.05, 3.63) is 23.4 Å². The van der Waals surface area contributed by atoms with E-state index in [1.165, 1.54) is 5.56 Å². The summed E-state index contributed by atoms with van der Waals surface area (Å²) in [4.78, 5) is 19.7. The lowest BCUT2D eigenvalue weighted by Gasteiger charge is -2.22. The maximum atomic E-state index is 11.7.